The number of nitrogens with two attached hydrogens (primary N) is 1. The standard InChI is InChI=1S/C15H17N3O2/c16-12-6-1-2-7-14(12)18-9-8-13(17-18)15(19)20-10-11-4-3-5-11/h1-2,6-9,11H,3-5,10,16H2. The van der Waals surface area contributed by atoms with Crippen LogP contribution in [0.2, 0.25) is 0 Å². The van der Waals surface area contributed by atoms with Crippen LogP contribution >= 0.6 is 0 Å². The monoisotopic (exact) mass is 271 g/mol. The fourth-order valence-corrected chi connectivity index (χ4v) is 2.19. The molecule has 0 unspecified atom stereocenters. The number of para-hydroxylation sites is 2. The highest BCUT2D eigenvalue weighted by Crippen LogP contribution is 2.26. The van der Waals surface area contributed by atoms with Gasteiger partial charge in [-0.1, -0.05) is 18.6 Å². The Balaban J connectivity index is 1.69. The van der Waals surface area contributed by atoms with Crippen molar-refractivity contribution < 1.29 is 9.53 Å². The molecule has 2 aromatic rings. The predicted octanol–water partition coefficient (Wildman–Crippen LogP) is 2.41. The number of ether oxygens (including phenoxy) is 1. The van der Waals surface area contributed by atoms with E-state index in [1.165, 1.54) is 6.42 Å². The number of hydrogen-bond donors (Lipinski definition) is 1. The third kappa shape index (κ3) is 2.52. The maximum atomic E-state index is 11.9. The van der Waals surface area contributed by atoms with E-state index in [1.807, 2.05) is 18.2 Å². The van der Waals surface area contributed by atoms with Gasteiger partial charge in [-0.15, -0.1) is 0 Å². The molecule has 3 rings (SSSR count). The van der Waals surface area contributed by atoms with Crippen LogP contribution in [0.3, 0.4) is 0 Å². The Kier molecular flexibility index (Phi) is 3.41. The number of nitrogen functional groups attached to an aromatic ring is 1. The molecule has 0 bridgehead atoms. The van der Waals surface area contributed by atoms with E-state index >= 15 is 0 Å². The molecular weight excluding hydrogens is 254 g/mol. The summed E-state index contributed by atoms with van der Waals surface area (Å²) in [4.78, 5) is 11.9. The quantitative estimate of drug-likeness (QED) is 0.684. The molecule has 0 spiro atoms. The van der Waals surface area contributed by atoms with Crippen molar-refractivity contribution in [2.45, 2.75) is 19.3 Å². The molecule has 1 saturated carbocycles. The van der Waals surface area contributed by atoms with Crippen LogP contribution in [0.15, 0.2) is 36.5 Å². The molecular formula is C15H17N3O2. The minimum Gasteiger partial charge on any atom is -0.461 e. The number of aromatic nitrogens is 2. The highest BCUT2D eigenvalue weighted by atomic mass is 16.5. The van der Waals surface area contributed by atoms with Crippen molar-refractivity contribution in [3.8, 4) is 5.69 Å². The summed E-state index contributed by atoms with van der Waals surface area (Å²) in [5, 5.41) is 4.23. The van der Waals surface area contributed by atoms with E-state index in [1.54, 1.807) is 23.0 Å². The average molecular weight is 271 g/mol. The Hall–Kier alpha value is -2.30. The van der Waals surface area contributed by atoms with Gasteiger partial charge in [-0.25, -0.2) is 9.48 Å². The number of rotatable bonds is 4. The molecule has 0 amide bonds. The first kappa shape index (κ1) is 12.7. The maximum Gasteiger partial charge on any atom is 0.358 e. The Morgan fingerprint density at radius 3 is 2.85 bits per heavy atom. The molecule has 2 N–H and O–H groups in total. The zero-order valence-electron chi connectivity index (χ0n) is 11.2. The van der Waals surface area contributed by atoms with Crippen LogP contribution in [0.5, 0.6) is 0 Å². The Morgan fingerprint density at radius 1 is 1.35 bits per heavy atom. The molecule has 1 aromatic heterocycles. The van der Waals surface area contributed by atoms with Crippen LogP contribution in [-0.2, 0) is 4.74 Å². The fraction of sp³-hybridized carbons (Fsp3) is 0.333. The van der Waals surface area contributed by atoms with Crippen molar-refractivity contribution in [1.82, 2.24) is 9.78 Å². The Labute approximate surface area is 117 Å². The smallest absolute Gasteiger partial charge is 0.358 e. The Bertz CT molecular complexity index is 617. The lowest BCUT2D eigenvalue weighted by Crippen LogP contribution is -2.20. The zero-order chi connectivity index (χ0) is 13.9. The number of carbonyl (C=O) groups is 1. The summed E-state index contributed by atoms with van der Waals surface area (Å²) in [7, 11) is 0. The Morgan fingerprint density at radius 2 is 2.15 bits per heavy atom. The number of benzene rings is 1. The van der Waals surface area contributed by atoms with Crippen molar-refractivity contribution in [3.63, 3.8) is 0 Å². The van der Waals surface area contributed by atoms with Crippen LogP contribution in [0, 0.1) is 5.92 Å². The third-order valence-electron chi connectivity index (χ3n) is 3.66. The van der Waals surface area contributed by atoms with E-state index < -0.39 is 0 Å². The highest BCUT2D eigenvalue weighted by molar-refractivity contribution is 5.87. The molecule has 104 valence electrons. The number of hydrogen-bond acceptors (Lipinski definition) is 4. The molecule has 1 aliphatic rings. The normalized spacial score (nSPS) is 14.8. The van der Waals surface area contributed by atoms with Crippen LogP contribution in [0.4, 0.5) is 5.69 Å². The van der Waals surface area contributed by atoms with Crippen molar-refractivity contribution in [1.29, 1.82) is 0 Å². The molecule has 1 aliphatic carbocycles. The lowest BCUT2D eigenvalue weighted by Gasteiger charge is -2.24. The molecule has 5 heteroatoms. The van der Waals surface area contributed by atoms with Crippen LogP contribution < -0.4 is 5.73 Å². The van der Waals surface area contributed by atoms with Crippen LogP contribution in [0.1, 0.15) is 29.8 Å². The average Bonchev–Trinajstić information content (AvgIpc) is 2.87. The second-order valence-corrected chi connectivity index (χ2v) is 5.10. The van der Waals surface area contributed by atoms with E-state index in [-0.39, 0.29) is 5.97 Å². The van der Waals surface area contributed by atoms with E-state index in [0.717, 1.165) is 18.5 Å². The maximum absolute atomic E-state index is 11.9. The zero-order valence-corrected chi connectivity index (χ0v) is 11.2. The van der Waals surface area contributed by atoms with Crippen LogP contribution in [0.25, 0.3) is 5.69 Å². The fourth-order valence-electron chi connectivity index (χ4n) is 2.19. The van der Waals surface area contributed by atoms with Gasteiger partial charge < -0.3 is 10.5 Å². The number of nitrogens with zero attached hydrogens (tertiary/aromatic N) is 2. The van der Waals surface area contributed by atoms with E-state index in [0.29, 0.717) is 23.9 Å². The third-order valence-corrected chi connectivity index (χ3v) is 3.66. The van der Waals surface area contributed by atoms with Gasteiger partial charge in [-0.05, 0) is 37.0 Å². The number of carbonyl (C=O) groups excluding carboxylic acids is 1. The van der Waals surface area contributed by atoms with Crippen molar-refractivity contribution in [3.05, 3.63) is 42.2 Å². The van der Waals surface area contributed by atoms with Gasteiger partial charge in [0.25, 0.3) is 0 Å². The summed E-state index contributed by atoms with van der Waals surface area (Å²) < 4.78 is 6.86. The molecule has 0 aliphatic heterocycles. The molecule has 20 heavy (non-hydrogen) atoms. The number of esters is 1. The van der Waals surface area contributed by atoms with Crippen molar-refractivity contribution >= 4 is 11.7 Å². The molecule has 0 saturated heterocycles. The van der Waals surface area contributed by atoms with Crippen molar-refractivity contribution in [2.75, 3.05) is 12.3 Å². The molecule has 0 atom stereocenters. The lowest BCUT2D eigenvalue weighted by atomic mass is 9.86. The second kappa shape index (κ2) is 5.36. The van der Waals surface area contributed by atoms with Gasteiger partial charge in [0.15, 0.2) is 5.69 Å². The lowest BCUT2D eigenvalue weighted by molar-refractivity contribution is 0.0364. The van der Waals surface area contributed by atoms with Gasteiger partial charge in [-0.3, -0.25) is 0 Å². The predicted molar refractivity (Wildman–Crippen MR) is 75.6 cm³/mol. The molecule has 1 heterocycles. The van der Waals surface area contributed by atoms with Gasteiger partial charge in [0, 0.05) is 6.20 Å². The summed E-state index contributed by atoms with van der Waals surface area (Å²) in [5.41, 5.74) is 7.57. The summed E-state index contributed by atoms with van der Waals surface area (Å²) >= 11 is 0. The van der Waals surface area contributed by atoms with E-state index in [4.69, 9.17) is 10.5 Å². The number of anilines is 1. The topological polar surface area (TPSA) is 70.1 Å². The highest BCUT2D eigenvalue weighted by Gasteiger charge is 2.20. The minimum atomic E-state index is -0.370. The summed E-state index contributed by atoms with van der Waals surface area (Å²) in [5.74, 6) is 0.163. The summed E-state index contributed by atoms with van der Waals surface area (Å²) in [6.07, 6.45) is 5.26. The SMILES string of the molecule is Nc1ccccc1-n1ccc(C(=O)OCC2CCC2)n1. The van der Waals surface area contributed by atoms with E-state index in [9.17, 15) is 4.79 Å². The molecule has 1 aromatic carbocycles. The molecule has 1 fully saturated rings. The van der Waals surface area contributed by atoms with Gasteiger partial charge in [0.05, 0.1) is 18.0 Å². The largest absolute Gasteiger partial charge is 0.461 e. The minimum absolute atomic E-state index is 0.313. The van der Waals surface area contributed by atoms with Gasteiger partial charge in [0.2, 0.25) is 0 Å². The van der Waals surface area contributed by atoms with Gasteiger partial charge in [0.1, 0.15) is 0 Å². The van der Waals surface area contributed by atoms with Gasteiger partial charge in [-0.2, -0.15) is 5.10 Å². The second-order valence-electron chi connectivity index (χ2n) is 5.10. The summed E-state index contributed by atoms with van der Waals surface area (Å²) in [6.45, 7) is 0.499. The van der Waals surface area contributed by atoms with Crippen LogP contribution in [-0.4, -0.2) is 22.4 Å². The van der Waals surface area contributed by atoms with Crippen molar-refractivity contribution in [2.24, 2.45) is 5.92 Å². The first-order chi connectivity index (χ1) is 9.74. The molecule has 0 radical (unpaired) electrons. The summed E-state index contributed by atoms with van der Waals surface area (Å²) in [6, 6.07) is 9.03. The first-order valence-corrected chi connectivity index (χ1v) is 6.82. The van der Waals surface area contributed by atoms with Gasteiger partial charge >= 0.3 is 5.97 Å². The first-order valence-electron chi connectivity index (χ1n) is 6.82. The molecule has 5 nitrogen and oxygen atoms in total. The van der Waals surface area contributed by atoms with E-state index in [2.05, 4.69) is 5.10 Å².